The van der Waals surface area contributed by atoms with Crippen molar-refractivity contribution in [2.75, 3.05) is 0 Å². The zero-order valence-electron chi connectivity index (χ0n) is 20.0. The van der Waals surface area contributed by atoms with Gasteiger partial charge in [0, 0.05) is 35.6 Å². The molecule has 0 atom stereocenters. The quantitative estimate of drug-likeness (QED) is 0.483. The Balaban J connectivity index is 0.000000807. The van der Waals surface area contributed by atoms with Gasteiger partial charge in [0.1, 0.15) is 17.3 Å². The Bertz CT molecular complexity index is 953. The zero-order chi connectivity index (χ0) is 22.8. The molecule has 0 aromatic heterocycles. The Hall–Kier alpha value is -2.94. The van der Waals surface area contributed by atoms with E-state index in [9.17, 15) is 0 Å². The minimum atomic E-state index is 0.806. The van der Waals surface area contributed by atoms with Crippen LogP contribution < -0.4 is 9.47 Å². The van der Waals surface area contributed by atoms with Gasteiger partial charge in [-0.25, -0.2) is 0 Å². The Morgan fingerprint density at radius 2 is 1.65 bits per heavy atom. The minimum absolute atomic E-state index is 0.806. The summed E-state index contributed by atoms with van der Waals surface area (Å²) in [5, 5.41) is 0. The molecular formula is C28H36O3. The molecule has 0 spiro atoms. The highest BCUT2D eigenvalue weighted by atomic mass is 16.5. The molecule has 1 aromatic rings. The third-order valence-electron chi connectivity index (χ3n) is 4.82. The lowest BCUT2D eigenvalue weighted by Gasteiger charge is -2.28. The van der Waals surface area contributed by atoms with Crippen LogP contribution in [0.15, 0.2) is 83.3 Å². The Labute approximate surface area is 188 Å². The molecule has 3 nitrogen and oxygen atoms in total. The van der Waals surface area contributed by atoms with Crippen molar-refractivity contribution >= 4 is 0 Å². The Morgan fingerprint density at radius 1 is 0.968 bits per heavy atom. The van der Waals surface area contributed by atoms with E-state index in [2.05, 4.69) is 37.3 Å². The van der Waals surface area contributed by atoms with Crippen molar-refractivity contribution in [3.05, 3.63) is 94.4 Å². The molecule has 3 aliphatic rings. The number of rotatable bonds is 2. The van der Waals surface area contributed by atoms with E-state index in [4.69, 9.17) is 14.2 Å². The fraction of sp³-hybridized carbons (Fsp3) is 0.357. The first-order valence-corrected chi connectivity index (χ1v) is 11.5. The van der Waals surface area contributed by atoms with Gasteiger partial charge >= 0.3 is 0 Å². The first-order chi connectivity index (χ1) is 15.2. The van der Waals surface area contributed by atoms with Gasteiger partial charge in [0.15, 0.2) is 11.5 Å². The SMILES string of the molecule is CC.CC.C\C=C/C=C1/Cc2ccc3c(c2O/C1=C/CC)OC1=C(C=C(C)OC=C1)C3. The molecule has 1 aromatic carbocycles. The van der Waals surface area contributed by atoms with Crippen molar-refractivity contribution in [3.8, 4) is 11.5 Å². The molecule has 166 valence electrons. The molecule has 3 aliphatic heterocycles. The van der Waals surface area contributed by atoms with Gasteiger partial charge in [-0.05, 0) is 38.0 Å². The summed E-state index contributed by atoms with van der Waals surface area (Å²) < 4.78 is 18.2. The maximum Gasteiger partial charge on any atom is 0.173 e. The summed E-state index contributed by atoms with van der Waals surface area (Å²) in [6.07, 6.45) is 16.5. The van der Waals surface area contributed by atoms with E-state index >= 15 is 0 Å². The van der Waals surface area contributed by atoms with E-state index in [1.54, 1.807) is 6.26 Å². The van der Waals surface area contributed by atoms with E-state index in [1.165, 1.54) is 5.57 Å². The topological polar surface area (TPSA) is 27.7 Å². The molecular weight excluding hydrogens is 384 g/mol. The summed E-state index contributed by atoms with van der Waals surface area (Å²) >= 11 is 0. The van der Waals surface area contributed by atoms with Gasteiger partial charge in [0.2, 0.25) is 0 Å². The number of fused-ring (bicyclic) bond motifs is 3. The summed E-state index contributed by atoms with van der Waals surface area (Å²) in [5.74, 6) is 4.29. The van der Waals surface area contributed by atoms with Crippen molar-refractivity contribution < 1.29 is 14.2 Å². The van der Waals surface area contributed by atoms with Crippen LogP contribution in [0.1, 0.15) is 66.0 Å². The van der Waals surface area contributed by atoms with Crippen LogP contribution in [0.25, 0.3) is 0 Å². The molecule has 0 radical (unpaired) electrons. The smallest absolute Gasteiger partial charge is 0.173 e. The molecule has 0 N–H and O–H groups in total. The summed E-state index contributed by atoms with van der Waals surface area (Å²) in [5.41, 5.74) is 4.62. The van der Waals surface area contributed by atoms with Gasteiger partial charge in [-0.3, -0.25) is 0 Å². The van der Waals surface area contributed by atoms with Gasteiger partial charge in [0.25, 0.3) is 0 Å². The van der Waals surface area contributed by atoms with Crippen molar-refractivity contribution in [2.24, 2.45) is 0 Å². The second kappa shape index (κ2) is 12.0. The van der Waals surface area contributed by atoms with E-state index in [1.807, 2.05) is 59.8 Å². The Morgan fingerprint density at radius 3 is 2.32 bits per heavy atom. The molecule has 4 rings (SSSR count). The summed E-state index contributed by atoms with van der Waals surface area (Å²) in [6, 6.07) is 4.32. The number of hydrogen-bond donors (Lipinski definition) is 0. The normalized spacial score (nSPS) is 18.7. The second-order valence-corrected chi connectivity index (χ2v) is 6.86. The number of benzene rings is 1. The van der Waals surface area contributed by atoms with Crippen LogP contribution in [0.2, 0.25) is 0 Å². The van der Waals surface area contributed by atoms with E-state index in [-0.39, 0.29) is 0 Å². The molecule has 3 heterocycles. The second-order valence-electron chi connectivity index (χ2n) is 6.86. The largest absolute Gasteiger partial charge is 0.470 e. The highest BCUT2D eigenvalue weighted by Gasteiger charge is 2.28. The molecule has 31 heavy (non-hydrogen) atoms. The molecule has 0 amide bonds. The minimum Gasteiger partial charge on any atom is -0.470 e. The van der Waals surface area contributed by atoms with Crippen LogP contribution in [-0.4, -0.2) is 0 Å². The molecule has 0 aliphatic carbocycles. The standard InChI is InChI=1S/C24H24O3.2C2H6/c1-4-6-8-17-14-18-9-10-19-15-20-13-16(3)25-12-11-22(20)27-24(19)23(18)26-21(17)7-5-2;2*1-2/h4,6-13H,5,14-15H2,1-3H3;2*1-2H3/b6-4-,17-8-,21-7+;;. The van der Waals surface area contributed by atoms with E-state index in [0.29, 0.717) is 0 Å². The molecule has 0 fully saturated rings. The fourth-order valence-corrected chi connectivity index (χ4v) is 3.54. The lowest BCUT2D eigenvalue weighted by atomic mass is 9.93. The fourth-order valence-electron chi connectivity index (χ4n) is 3.54. The maximum absolute atomic E-state index is 6.35. The zero-order valence-corrected chi connectivity index (χ0v) is 20.0. The first-order valence-electron chi connectivity index (χ1n) is 11.5. The van der Waals surface area contributed by atoms with Crippen LogP contribution in [0.5, 0.6) is 11.5 Å². The van der Waals surface area contributed by atoms with Crippen LogP contribution in [0.4, 0.5) is 0 Å². The van der Waals surface area contributed by atoms with Crippen molar-refractivity contribution in [1.29, 1.82) is 0 Å². The maximum atomic E-state index is 6.35. The van der Waals surface area contributed by atoms with Gasteiger partial charge in [-0.2, -0.15) is 0 Å². The number of hydrogen-bond acceptors (Lipinski definition) is 3. The van der Waals surface area contributed by atoms with Crippen molar-refractivity contribution in [3.63, 3.8) is 0 Å². The van der Waals surface area contributed by atoms with Crippen molar-refractivity contribution in [2.45, 2.75) is 67.7 Å². The number of ether oxygens (including phenoxy) is 3. The Kier molecular flexibility index (Phi) is 9.45. The summed E-state index contributed by atoms with van der Waals surface area (Å²) in [7, 11) is 0. The van der Waals surface area contributed by atoms with Crippen LogP contribution in [-0.2, 0) is 17.6 Å². The highest BCUT2D eigenvalue weighted by Crippen LogP contribution is 2.46. The molecule has 0 unspecified atom stereocenters. The van der Waals surface area contributed by atoms with E-state index in [0.717, 1.165) is 64.7 Å². The van der Waals surface area contributed by atoms with Crippen LogP contribution >= 0.6 is 0 Å². The first kappa shape index (κ1) is 24.3. The molecule has 3 heteroatoms. The summed E-state index contributed by atoms with van der Waals surface area (Å²) in [4.78, 5) is 0. The third kappa shape index (κ3) is 5.61. The predicted molar refractivity (Wildman–Crippen MR) is 130 cm³/mol. The van der Waals surface area contributed by atoms with Gasteiger partial charge in [0.05, 0.1) is 6.26 Å². The van der Waals surface area contributed by atoms with Gasteiger partial charge in [-0.1, -0.05) is 65.0 Å². The average Bonchev–Trinajstić information content (AvgIpc) is 2.99. The van der Waals surface area contributed by atoms with Crippen molar-refractivity contribution in [1.82, 2.24) is 0 Å². The average molecular weight is 421 g/mol. The molecule has 0 saturated heterocycles. The van der Waals surface area contributed by atoms with Gasteiger partial charge < -0.3 is 14.2 Å². The highest BCUT2D eigenvalue weighted by molar-refractivity contribution is 5.61. The van der Waals surface area contributed by atoms with Gasteiger partial charge in [-0.15, -0.1) is 0 Å². The van der Waals surface area contributed by atoms with E-state index < -0.39 is 0 Å². The van der Waals surface area contributed by atoms with Crippen LogP contribution in [0.3, 0.4) is 0 Å². The molecule has 0 bridgehead atoms. The van der Waals surface area contributed by atoms with Crippen LogP contribution in [0, 0.1) is 0 Å². The third-order valence-corrected chi connectivity index (χ3v) is 4.82. The number of allylic oxidation sites excluding steroid dienone is 9. The summed E-state index contributed by atoms with van der Waals surface area (Å²) in [6.45, 7) is 14.1. The lowest BCUT2D eigenvalue weighted by molar-refractivity contribution is 0.347. The monoisotopic (exact) mass is 420 g/mol. The predicted octanol–water partition coefficient (Wildman–Crippen LogP) is 8.11. The molecule has 0 saturated carbocycles. The lowest BCUT2D eigenvalue weighted by Crippen LogP contribution is -2.15.